The lowest BCUT2D eigenvalue weighted by molar-refractivity contribution is 0.397. The van der Waals surface area contributed by atoms with E-state index >= 15 is 0 Å². The highest BCUT2D eigenvalue weighted by atomic mass is 16.5. The van der Waals surface area contributed by atoms with Gasteiger partial charge < -0.3 is 28.4 Å². The molecular weight excluding hydrogens is 468 g/mol. The van der Waals surface area contributed by atoms with Crippen molar-refractivity contribution in [2.45, 2.75) is 0 Å². The van der Waals surface area contributed by atoms with Gasteiger partial charge in [-0.25, -0.2) is 0 Å². The Kier molecular flexibility index (Phi) is 6.57. The van der Waals surface area contributed by atoms with E-state index in [-0.39, 0.29) is 66.8 Å². The van der Waals surface area contributed by atoms with Crippen LogP contribution >= 0.6 is 0 Å². The van der Waals surface area contributed by atoms with E-state index in [2.05, 4.69) is 0 Å². The summed E-state index contributed by atoms with van der Waals surface area (Å²) >= 11 is 0. The summed E-state index contributed by atoms with van der Waals surface area (Å²) in [6.45, 7) is 0. The van der Waals surface area contributed by atoms with Gasteiger partial charge in [-0.3, -0.25) is 14.4 Å². The number of benzene rings is 3. The summed E-state index contributed by atoms with van der Waals surface area (Å²) in [6.07, 6.45) is 0. The fraction of sp³-hybridized carbons (Fsp3) is 0.222. The molecule has 0 amide bonds. The molecule has 0 N–H and O–H groups in total. The number of fused-ring (bicyclic) bond motifs is 3. The van der Waals surface area contributed by atoms with Crippen LogP contribution in [0, 0.1) is 0 Å². The maximum atomic E-state index is 14.1. The molecule has 0 radical (unpaired) electrons. The van der Waals surface area contributed by atoms with Gasteiger partial charge in [0.2, 0.25) is 0 Å². The van der Waals surface area contributed by atoms with Gasteiger partial charge in [-0.05, 0) is 18.2 Å². The van der Waals surface area contributed by atoms with E-state index in [1.54, 1.807) is 0 Å². The molecular formula is C27H24O9. The summed E-state index contributed by atoms with van der Waals surface area (Å²) in [4.78, 5) is 42.2. The Morgan fingerprint density at radius 1 is 0.389 bits per heavy atom. The van der Waals surface area contributed by atoms with E-state index in [4.69, 9.17) is 28.4 Å². The second kappa shape index (κ2) is 9.61. The van der Waals surface area contributed by atoms with E-state index in [0.717, 1.165) is 0 Å². The Balaban J connectivity index is 2.60. The zero-order valence-corrected chi connectivity index (χ0v) is 20.6. The monoisotopic (exact) mass is 492 g/mol. The van der Waals surface area contributed by atoms with Crippen LogP contribution in [0.15, 0.2) is 50.8 Å². The highest BCUT2D eigenvalue weighted by molar-refractivity contribution is 6.04. The maximum absolute atomic E-state index is 14.1. The molecule has 9 heteroatoms. The predicted molar refractivity (Wildman–Crippen MR) is 137 cm³/mol. The second-order valence-electron chi connectivity index (χ2n) is 7.74. The molecule has 186 valence electrons. The predicted octanol–water partition coefficient (Wildman–Crippen LogP) is 3.28. The van der Waals surface area contributed by atoms with Crippen molar-refractivity contribution in [3.63, 3.8) is 0 Å². The highest BCUT2D eigenvalue weighted by Crippen LogP contribution is 2.33. The number of hydrogen-bond acceptors (Lipinski definition) is 9. The Morgan fingerprint density at radius 3 is 0.833 bits per heavy atom. The summed E-state index contributed by atoms with van der Waals surface area (Å²) < 4.78 is 32.5. The molecule has 4 rings (SSSR count). The minimum absolute atomic E-state index is 0.0247. The van der Waals surface area contributed by atoms with Gasteiger partial charge in [-0.1, -0.05) is 0 Å². The average molecular weight is 492 g/mol. The first kappa shape index (κ1) is 24.6. The Morgan fingerprint density at radius 2 is 0.639 bits per heavy atom. The molecule has 0 aliphatic rings. The molecule has 0 aliphatic heterocycles. The molecule has 4 aromatic rings. The van der Waals surface area contributed by atoms with Gasteiger partial charge in [-0.15, -0.1) is 0 Å². The minimum atomic E-state index is -0.628. The van der Waals surface area contributed by atoms with Gasteiger partial charge in [0.25, 0.3) is 0 Å². The molecule has 0 bridgehead atoms. The summed E-state index contributed by atoms with van der Waals surface area (Å²) in [5, 5.41) is -0.204. The molecule has 0 aliphatic carbocycles. The topological polar surface area (TPSA) is 107 Å². The number of ether oxygens (including phenoxy) is 6. The smallest absolute Gasteiger partial charge is 0.198 e. The molecule has 36 heavy (non-hydrogen) atoms. The van der Waals surface area contributed by atoms with Crippen LogP contribution in [0.2, 0.25) is 0 Å². The lowest BCUT2D eigenvalue weighted by Crippen LogP contribution is -2.08. The van der Waals surface area contributed by atoms with E-state index in [9.17, 15) is 14.4 Å². The lowest BCUT2D eigenvalue weighted by Gasteiger charge is -2.08. The van der Waals surface area contributed by atoms with Gasteiger partial charge >= 0.3 is 0 Å². The molecule has 0 atom stereocenters. The van der Waals surface area contributed by atoms with Gasteiger partial charge in [0.1, 0.15) is 34.5 Å². The molecule has 4 aromatic carbocycles. The normalized spacial score (nSPS) is 10.8. The fourth-order valence-corrected chi connectivity index (χ4v) is 4.25. The third-order valence-electron chi connectivity index (χ3n) is 6.01. The van der Waals surface area contributed by atoms with E-state index in [1.165, 1.54) is 79.1 Å². The first-order valence-electron chi connectivity index (χ1n) is 10.8. The van der Waals surface area contributed by atoms with Crippen molar-refractivity contribution >= 4 is 32.3 Å². The van der Waals surface area contributed by atoms with Crippen LogP contribution in [0.3, 0.4) is 0 Å². The molecule has 0 aromatic heterocycles. The van der Waals surface area contributed by atoms with E-state index < -0.39 is 16.3 Å². The summed E-state index contributed by atoms with van der Waals surface area (Å²) in [7, 11) is 8.40. The van der Waals surface area contributed by atoms with Crippen LogP contribution in [-0.2, 0) is 0 Å². The number of rotatable bonds is 6. The van der Waals surface area contributed by atoms with Crippen LogP contribution < -0.4 is 44.7 Å². The van der Waals surface area contributed by atoms with Crippen molar-refractivity contribution in [2.75, 3.05) is 42.7 Å². The van der Waals surface area contributed by atoms with Crippen molar-refractivity contribution in [3.05, 3.63) is 67.1 Å². The van der Waals surface area contributed by atoms with Gasteiger partial charge in [0, 0.05) is 34.4 Å². The second-order valence-corrected chi connectivity index (χ2v) is 7.74. The SMILES string of the molecule is COc1cc(OC)c2c(=O)c3cc(OC)cc(OC)c3c(=O)c3cc(OC)cc(OC)c3c(=O)c2c1. The number of hydrogen-bond donors (Lipinski definition) is 0. The fourth-order valence-electron chi connectivity index (χ4n) is 4.25. The first-order chi connectivity index (χ1) is 17.3. The van der Waals surface area contributed by atoms with Crippen molar-refractivity contribution in [2.24, 2.45) is 0 Å². The zero-order valence-electron chi connectivity index (χ0n) is 20.6. The van der Waals surface area contributed by atoms with Gasteiger partial charge in [-0.2, -0.15) is 0 Å². The van der Waals surface area contributed by atoms with Crippen molar-refractivity contribution < 1.29 is 28.4 Å². The molecule has 0 saturated carbocycles. The minimum Gasteiger partial charge on any atom is -0.497 e. The first-order valence-corrected chi connectivity index (χ1v) is 10.8. The standard InChI is InChI=1S/C27H24O9/c1-31-13-7-16-22(19(10-13)34-4)26(29)18-9-15(33-3)12-21(36-6)24(18)27(30)17-8-14(32-2)11-20(35-5)23(17)25(16)28/h7-12H,1-6H3. The van der Waals surface area contributed by atoms with Crippen molar-refractivity contribution in [1.29, 1.82) is 0 Å². The van der Waals surface area contributed by atoms with Crippen LogP contribution in [-0.4, -0.2) is 42.7 Å². The van der Waals surface area contributed by atoms with Crippen LogP contribution in [0.25, 0.3) is 32.3 Å². The largest absolute Gasteiger partial charge is 0.497 e. The van der Waals surface area contributed by atoms with Gasteiger partial charge in [0.05, 0.1) is 58.8 Å². The zero-order chi connectivity index (χ0) is 26.1. The molecule has 0 saturated heterocycles. The van der Waals surface area contributed by atoms with Gasteiger partial charge in [0.15, 0.2) is 16.3 Å². The Labute approximate surface area is 205 Å². The van der Waals surface area contributed by atoms with Crippen LogP contribution in [0.1, 0.15) is 0 Å². The Bertz CT molecular complexity index is 1510. The van der Waals surface area contributed by atoms with Crippen LogP contribution in [0.5, 0.6) is 34.5 Å². The third-order valence-corrected chi connectivity index (χ3v) is 6.01. The highest BCUT2D eigenvalue weighted by Gasteiger charge is 2.20. The quantitative estimate of drug-likeness (QED) is 0.401. The molecule has 0 heterocycles. The average Bonchev–Trinajstić information content (AvgIpc) is 2.95. The molecule has 0 unspecified atom stereocenters. The molecule has 0 fully saturated rings. The number of methoxy groups -OCH3 is 6. The summed E-state index contributed by atoms with van der Waals surface area (Å²) in [6, 6.07) is 8.77. The van der Waals surface area contributed by atoms with Crippen molar-refractivity contribution in [3.8, 4) is 34.5 Å². The van der Waals surface area contributed by atoms with Crippen LogP contribution in [0.4, 0.5) is 0 Å². The molecule has 9 nitrogen and oxygen atoms in total. The third kappa shape index (κ3) is 3.78. The molecule has 0 spiro atoms. The van der Waals surface area contributed by atoms with Crippen molar-refractivity contribution in [1.82, 2.24) is 0 Å². The Hall–Kier alpha value is -4.53. The summed E-state index contributed by atoms with van der Waals surface area (Å²) in [5.74, 6) is 1.15. The van der Waals surface area contributed by atoms with E-state index in [0.29, 0.717) is 0 Å². The van der Waals surface area contributed by atoms with E-state index in [1.807, 2.05) is 0 Å². The lowest BCUT2D eigenvalue weighted by atomic mass is 10.1. The maximum Gasteiger partial charge on any atom is 0.198 e. The summed E-state index contributed by atoms with van der Waals surface area (Å²) in [5.41, 5.74) is -1.88.